The van der Waals surface area contributed by atoms with E-state index in [2.05, 4.69) is 21.3 Å². The third-order valence-corrected chi connectivity index (χ3v) is 8.75. The highest BCUT2D eigenvalue weighted by atomic mass is 19.3. The van der Waals surface area contributed by atoms with Crippen molar-refractivity contribution in [1.29, 1.82) is 5.26 Å². The van der Waals surface area contributed by atoms with Crippen LogP contribution in [0.15, 0.2) is 24.4 Å². The molecule has 0 bridgehead atoms. The molecule has 0 aromatic carbocycles. The number of amides is 1. The molecular formula is C27H34F2N4O2. The summed E-state index contributed by atoms with van der Waals surface area (Å²) in [5, 5.41) is 12.2. The number of likely N-dealkylation sites (tertiary alicyclic amines) is 1. The predicted octanol–water partition coefficient (Wildman–Crippen LogP) is 4.36. The van der Waals surface area contributed by atoms with Crippen LogP contribution >= 0.6 is 0 Å². The highest BCUT2D eigenvalue weighted by molar-refractivity contribution is 5.90. The summed E-state index contributed by atoms with van der Waals surface area (Å²) in [5.41, 5.74) is -0.802. The molecule has 1 atom stereocenters. The van der Waals surface area contributed by atoms with Crippen LogP contribution in [0.5, 0.6) is 0 Å². The monoisotopic (exact) mass is 484 g/mol. The van der Waals surface area contributed by atoms with E-state index in [9.17, 15) is 23.6 Å². The van der Waals surface area contributed by atoms with Gasteiger partial charge in [0.1, 0.15) is 5.69 Å². The highest BCUT2D eigenvalue weighted by Gasteiger charge is 2.51. The number of carbonyl (C=O) groups excluding carboxylic acids is 2. The lowest BCUT2D eigenvalue weighted by Gasteiger charge is -2.52. The number of aromatic nitrogens is 1. The Labute approximate surface area is 205 Å². The van der Waals surface area contributed by atoms with Gasteiger partial charge in [-0.05, 0) is 88.4 Å². The maximum atomic E-state index is 14.8. The van der Waals surface area contributed by atoms with Gasteiger partial charge in [0.15, 0.2) is 5.78 Å². The minimum Gasteiger partial charge on any atom is -0.346 e. The van der Waals surface area contributed by atoms with Crippen LogP contribution in [-0.4, -0.2) is 46.7 Å². The van der Waals surface area contributed by atoms with E-state index >= 15 is 0 Å². The zero-order valence-electron chi connectivity index (χ0n) is 20.1. The Bertz CT molecular complexity index is 984. The van der Waals surface area contributed by atoms with E-state index in [1.54, 1.807) is 6.07 Å². The molecule has 4 aliphatic rings. The molecule has 0 unspecified atom stereocenters. The zero-order valence-corrected chi connectivity index (χ0v) is 20.1. The summed E-state index contributed by atoms with van der Waals surface area (Å²) >= 11 is 0. The number of hydrogen-bond donors (Lipinski definition) is 1. The molecule has 35 heavy (non-hydrogen) atoms. The molecule has 6 nitrogen and oxygen atoms in total. The van der Waals surface area contributed by atoms with Crippen molar-refractivity contribution in [1.82, 2.24) is 15.2 Å². The minimum absolute atomic E-state index is 0.00914. The van der Waals surface area contributed by atoms with Crippen molar-refractivity contribution < 1.29 is 18.4 Å². The van der Waals surface area contributed by atoms with Crippen molar-refractivity contribution in [3.8, 4) is 6.07 Å². The Morgan fingerprint density at radius 1 is 1.20 bits per heavy atom. The number of ketones is 1. The molecule has 1 spiro atoms. The lowest BCUT2D eigenvalue weighted by molar-refractivity contribution is -0.138. The van der Waals surface area contributed by atoms with Gasteiger partial charge in [-0.1, -0.05) is 6.07 Å². The lowest BCUT2D eigenvalue weighted by atomic mass is 9.57. The van der Waals surface area contributed by atoms with Crippen LogP contribution in [0.25, 0.3) is 0 Å². The van der Waals surface area contributed by atoms with Gasteiger partial charge < -0.3 is 10.2 Å². The number of nitrogens with one attached hydrogen (secondary N) is 1. The van der Waals surface area contributed by atoms with Gasteiger partial charge in [0.05, 0.1) is 17.5 Å². The summed E-state index contributed by atoms with van der Waals surface area (Å²) in [6.45, 7) is 2.19. The fourth-order valence-corrected chi connectivity index (χ4v) is 5.95. The predicted molar refractivity (Wildman–Crippen MR) is 125 cm³/mol. The van der Waals surface area contributed by atoms with Gasteiger partial charge in [-0.3, -0.25) is 14.6 Å². The van der Waals surface area contributed by atoms with Crippen molar-refractivity contribution in [2.45, 2.75) is 88.6 Å². The smallest absolute Gasteiger partial charge is 0.289 e. The van der Waals surface area contributed by atoms with Gasteiger partial charge >= 0.3 is 0 Å². The Morgan fingerprint density at radius 3 is 2.49 bits per heavy atom. The second kappa shape index (κ2) is 9.24. The van der Waals surface area contributed by atoms with Crippen LogP contribution < -0.4 is 5.32 Å². The van der Waals surface area contributed by atoms with E-state index < -0.39 is 23.8 Å². The first-order valence-electron chi connectivity index (χ1n) is 13.0. The van der Waals surface area contributed by atoms with E-state index in [0.29, 0.717) is 12.8 Å². The first kappa shape index (κ1) is 24.3. The van der Waals surface area contributed by atoms with Crippen LogP contribution in [0.4, 0.5) is 8.78 Å². The summed E-state index contributed by atoms with van der Waals surface area (Å²) in [5.74, 6) is -3.89. The number of piperidine rings is 1. The molecule has 8 heteroatoms. The molecule has 2 heterocycles. The molecular weight excluding hydrogens is 450 g/mol. The van der Waals surface area contributed by atoms with Crippen LogP contribution in [0, 0.1) is 28.1 Å². The Kier molecular flexibility index (Phi) is 6.41. The van der Waals surface area contributed by atoms with E-state index in [1.165, 1.54) is 31.2 Å². The van der Waals surface area contributed by atoms with Crippen molar-refractivity contribution in [3.05, 3.63) is 30.1 Å². The summed E-state index contributed by atoms with van der Waals surface area (Å²) in [4.78, 5) is 32.4. The maximum absolute atomic E-state index is 14.8. The van der Waals surface area contributed by atoms with Crippen molar-refractivity contribution in [2.24, 2.45) is 16.7 Å². The molecule has 1 N–H and O–H groups in total. The number of Topliss-reactive ketones (excluding diaryl/α,β-unsaturated/α-hetero) is 1. The summed E-state index contributed by atoms with van der Waals surface area (Å²) in [7, 11) is 0. The molecule has 3 saturated carbocycles. The number of pyridine rings is 1. The second-order valence-corrected chi connectivity index (χ2v) is 11.4. The first-order chi connectivity index (χ1) is 16.7. The van der Waals surface area contributed by atoms with Gasteiger partial charge in [0.2, 0.25) is 5.91 Å². The van der Waals surface area contributed by atoms with Crippen molar-refractivity contribution in [2.75, 3.05) is 13.1 Å². The molecule has 0 radical (unpaired) electrons. The molecule has 4 fully saturated rings. The molecule has 188 valence electrons. The van der Waals surface area contributed by atoms with Gasteiger partial charge in [-0.25, -0.2) is 0 Å². The maximum Gasteiger partial charge on any atom is 0.289 e. The third-order valence-electron chi connectivity index (χ3n) is 8.75. The van der Waals surface area contributed by atoms with Crippen LogP contribution in [-0.2, 0) is 15.5 Å². The fraction of sp³-hybridized carbons (Fsp3) is 0.704. The van der Waals surface area contributed by atoms with Crippen molar-refractivity contribution >= 4 is 11.7 Å². The summed E-state index contributed by atoms with van der Waals surface area (Å²) in [6.07, 6.45) is 8.29. The van der Waals surface area contributed by atoms with E-state index in [-0.39, 0.29) is 41.6 Å². The molecule has 1 saturated heterocycles. The molecule has 5 rings (SSSR count). The number of nitrogens with zero attached hydrogens (tertiary/aromatic N) is 3. The number of rotatable bonds is 10. The number of carbonyl (C=O) groups is 2. The van der Waals surface area contributed by atoms with Crippen LogP contribution in [0.3, 0.4) is 0 Å². The number of hydrogen-bond acceptors (Lipinski definition) is 5. The summed E-state index contributed by atoms with van der Waals surface area (Å²) < 4.78 is 29.5. The second-order valence-electron chi connectivity index (χ2n) is 11.4. The van der Waals surface area contributed by atoms with Crippen LogP contribution in [0.2, 0.25) is 0 Å². The Balaban J connectivity index is 1.18. The minimum atomic E-state index is -3.20. The standard InChI is InChI=1S/C27H34F2N4O2/c28-27(29,23-3-1-2-12-31-23)7-6-21(22(34)17-26(18-30)8-9-26)32-24(35)19-15-25(16-19)10-13-33(14-11-25)20-4-5-20/h1-3,12,19-21H,4-11,13-17H2,(H,32,35)/t21-/m0/s1. The molecule has 1 amide bonds. The Morgan fingerprint density at radius 2 is 1.91 bits per heavy atom. The average Bonchev–Trinajstić information content (AvgIpc) is 3.76. The lowest BCUT2D eigenvalue weighted by Crippen LogP contribution is -2.53. The van der Waals surface area contributed by atoms with Crippen LogP contribution in [0.1, 0.15) is 76.3 Å². The number of halogens is 2. The Hall–Kier alpha value is -2.40. The van der Waals surface area contributed by atoms with Gasteiger partial charge in [0, 0.05) is 31.0 Å². The van der Waals surface area contributed by atoms with Crippen molar-refractivity contribution in [3.63, 3.8) is 0 Å². The number of nitriles is 1. The summed E-state index contributed by atoms with van der Waals surface area (Å²) in [6, 6.07) is 6.31. The fourth-order valence-electron chi connectivity index (χ4n) is 5.95. The van der Waals surface area contributed by atoms with Gasteiger partial charge in [-0.15, -0.1) is 0 Å². The first-order valence-corrected chi connectivity index (χ1v) is 13.0. The molecule has 3 aliphatic carbocycles. The van der Waals surface area contributed by atoms with Gasteiger partial charge in [-0.2, -0.15) is 14.0 Å². The number of alkyl halides is 2. The average molecular weight is 485 g/mol. The normalized spacial score (nSPS) is 24.3. The molecule has 1 aliphatic heterocycles. The zero-order chi connectivity index (χ0) is 24.7. The quantitative estimate of drug-likeness (QED) is 0.533. The topological polar surface area (TPSA) is 86.1 Å². The molecule has 1 aromatic heterocycles. The van der Waals surface area contributed by atoms with Gasteiger partial charge in [0.25, 0.3) is 5.92 Å². The molecule has 1 aromatic rings. The SMILES string of the molecule is N#CC1(CC(=O)[C@H](CCC(F)(F)c2ccccn2)NC(=O)C2CC3(CCN(C4CC4)CC3)C2)CC1. The third kappa shape index (κ3) is 5.40. The van der Waals surface area contributed by atoms with E-state index in [0.717, 1.165) is 44.8 Å². The highest BCUT2D eigenvalue weighted by Crippen LogP contribution is 2.53. The largest absolute Gasteiger partial charge is 0.346 e. The van der Waals surface area contributed by atoms with E-state index in [4.69, 9.17) is 0 Å². The van der Waals surface area contributed by atoms with E-state index in [1.807, 2.05) is 0 Å².